The van der Waals surface area contributed by atoms with Crippen molar-refractivity contribution in [2.45, 2.75) is 19.1 Å². The van der Waals surface area contributed by atoms with Crippen molar-refractivity contribution >= 4 is 5.69 Å². The van der Waals surface area contributed by atoms with E-state index in [-0.39, 0.29) is 5.69 Å². The van der Waals surface area contributed by atoms with E-state index in [1.54, 1.807) is 13.0 Å². The summed E-state index contributed by atoms with van der Waals surface area (Å²) >= 11 is 0. The Balaban J connectivity index is 2.98. The minimum Gasteiger partial charge on any atom is -0.397 e. The predicted octanol–water partition coefficient (Wildman–Crippen LogP) is -0.110. The van der Waals surface area contributed by atoms with Gasteiger partial charge in [-0.3, -0.25) is 4.98 Å². The summed E-state index contributed by atoms with van der Waals surface area (Å²) in [6.45, 7) is 1.68. The zero-order valence-electron chi connectivity index (χ0n) is 7.68. The molecule has 2 atom stereocenters. The summed E-state index contributed by atoms with van der Waals surface area (Å²) < 4.78 is 0. The molecule has 74 valence electrons. The first kappa shape index (κ1) is 10.4. The Kier molecular flexibility index (Phi) is 3.02. The van der Waals surface area contributed by atoms with E-state index < -0.39 is 12.2 Å². The number of hydrogen-bond donors (Lipinski definition) is 3. The molecule has 0 aliphatic carbocycles. The fourth-order valence-electron chi connectivity index (χ4n) is 0.988. The Morgan fingerprint density at radius 2 is 2.14 bits per heavy atom. The van der Waals surface area contributed by atoms with Gasteiger partial charge in [-0.25, -0.2) is 0 Å². The number of pyridine rings is 1. The van der Waals surface area contributed by atoms with E-state index in [1.807, 2.05) is 0 Å². The molecule has 1 aromatic rings. The average Bonchev–Trinajstić information content (AvgIpc) is 2.20. The lowest BCUT2D eigenvalue weighted by atomic mass is 10.1. The number of nitrogens with two attached hydrogens (primary N) is 1. The first-order valence-electron chi connectivity index (χ1n) is 4.05. The summed E-state index contributed by atoms with van der Waals surface area (Å²) in [5, 5.41) is 26.9. The lowest BCUT2D eigenvalue weighted by molar-refractivity contribution is 0.0498. The van der Waals surface area contributed by atoms with Crippen molar-refractivity contribution in [1.29, 1.82) is 5.26 Å². The molecule has 1 aromatic heterocycles. The molecule has 0 aliphatic heterocycles. The number of nitrogen functional groups attached to an aromatic ring is 1. The first-order valence-corrected chi connectivity index (χ1v) is 4.05. The zero-order chi connectivity index (χ0) is 10.7. The highest BCUT2D eigenvalue weighted by Crippen LogP contribution is 2.17. The van der Waals surface area contributed by atoms with Crippen molar-refractivity contribution in [2.75, 3.05) is 5.73 Å². The van der Waals surface area contributed by atoms with Gasteiger partial charge in [-0.15, -0.1) is 0 Å². The van der Waals surface area contributed by atoms with Crippen LogP contribution in [0.2, 0.25) is 0 Å². The number of aryl methyl sites for hydroxylation is 1. The van der Waals surface area contributed by atoms with Gasteiger partial charge < -0.3 is 15.9 Å². The van der Waals surface area contributed by atoms with Crippen molar-refractivity contribution in [1.82, 2.24) is 4.98 Å². The Hall–Kier alpha value is -1.64. The number of nitrogens with zero attached hydrogens (tertiary/aromatic N) is 2. The quantitative estimate of drug-likeness (QED) is 0.568. The van der Waals surface area contributed by atoms with Crippen molar-refractivity contribution in [3.63, 3.8) is 0 Å². The molecule has 0 bridgehead atoms. The second-order valence-electron chi connectivity index (χ2n) is 2.93. The third-order valence-corrected chi connectivity index (χ3v) is 1.88. The van der Waals surface area contributed by atoms with Gasteiger partial charge in [0, 0.05) is 0 Å². The van der Waals surface area contributed by atoms with Crippen LogP contribution in [0.15, 0.2) is 12.1 Å². The number of nitriles is 1. The fourth-order valence-corrected chi connectivity index (χ4v) is 0.988. The largest absolute Gasteiger partial charge is 0.397 e. The second-order valence-corrected chi connectivity index (χ2v) is 2.93. The molecule has 0 saturated heterocycles. The van der Waals surface area contributed by atoms with Gasteiger partial charge in [0.05, 0.1) is 23.1 Å². The van der Waals surface area contributed by atoms with Crippen molar-refractivity contribution in [3.05, 3.63) is 23.5 Å². The molecule has 2 unspecified atom stereocenters. The summed E-state index contributed by atoms with van der Waals surface area (Å²) in [6, 6.07) is 4.59. The van der Waals surface area contributed by atoms with Gasteiger partial charge in [0.2, 0.25) is 0 Å². The van der Waals surface area contributed by atoms with Crippen LogP contribution in [0.25, 0.3) is 0 Å². The van der Waals surface area contributed by atoms with E-state index in [2.05, 4.69) is 4.98 Å². The summed E-state index contributed by atoms with van der Waals surface area (Å²) in [4.78, 5) is 3.96. The second kappa shape index (κ2) is 4.05. The van der Waals surface area contributed by atoms with Gasteiger partial charge in [-0.1, -0.05) is 0 Å². The molecule has 0 amide bonds. The van der Waals surface area contributed by atoms with Crippen LogP contribution in [0.4, 0.5) is 5.69 Å². The number of hydrogen-bond acceptors (Lipinski definition) is 5. The van der Waals surface area contributed by atoms with Gasteiger partial charge in [-0.05, 0) is 19.1 Å². The Bertz CT molecular complexity index is 373. The standard InChI is InChI=1S/C9H11N3O2/c1-5-6(11)2-3-7(12-5)9(14)8(13)4-10/h2-3,8-9,13-14H,11H2,1H3. The molecule has 0 aliphatic rings. The maximum atomic E-state index is 9.43. The summed E-state index contributed by atoms with van der Waals surface area (Å²) in [5.74, 6) is 0. The molecule has 0 spiro atoms. The smallest absolute Gasteiger partial charge is 0.171 e. The van der Waals surface area contributed by atoms with E-state index in [4.69, 9.17) is 16.1 Å². The van der Waals surface area contributed by atoms with Gasteiger partial charge in [-0.2, -0.15) is 5.26 Å². The van der Waals surface area contributed by atoms with Crippen molar-refractivity contribution < 1.29 is 10.2 Å². The highest BCUT2D eigenvalue weighted by molar-refractivity contribution is 5.42. The van der Waals surface area contributed by atoms with Crippen LogP contribution >= 0.6 is 0 Å². The molecule has 1 rings (SSSR count). The highest BCUT2D eigenvalue weighted by atomic mass is 16.3. The van der Waals surface area contributed by atoms with Crippen molar-refractivity contribution in [3.8, 4) is 6.07 Å². The number of aliphatic hydroxyl groups is 2. The normalized spacial score (nSPS) is 14.4. The maximum absolute atomic E-state index is 9.43. The topological polar surface area (TPSA) is 103 Å². The average molecular weight is 193 g/mol. The van der Waals surface area contributed by atoms with Crippen LogP contribution in [-0.2, 0) is 0 Å². The number of rotatable bonds is 2. The Morgan fingerprint density at radius 3 is 2.64 bits per heavy atom. The summed E-state index contributed by atoms with van der Waals surface area (Å²) in [7, 11) is 0. The molecule has 14 heavy (non-hydrogen) atoms. The molecule has 4 N–H and O–H groups in total. The minimum absolute atomic E-state index is 0.241. The maximum Gasteiger partial charge on any atom is 0.171 e. The van der Waals surface area contributed by atoms with Crippen LogP contribution in [0.5, 0.6) is 0 Å². The van der Waals surface area contributed by atoms with Gasteiger partial charge in [0.1, 0.15) is 6.10 Å². The SMILES string of the molecule is Cc1nc(C(O)C(O)C#N)ccc1N. The number of aromatic nitrogens is 1. The van der Waals surface area contributed by atoms with Crippen LogP contribution in [-0.4, -0.2) is 21.3 Å². The molecular weight excluding hydrogens is 182 g/mol. The fraction of sp³-hybridized carbons (Fsp3) is 0.333. The van der Waals surface area contributed by atoms with Crippen molar-refractivity contribution in [2.24, 2.45) is 0 Å². The molecule has 0 saturated carbocycles. The van der Waals surface area contributed by atoms with E-state index in [1.165, 1.54) is 12.1 Å². The van der Waals surface area contributed by atoms with E-state index in [9.17, 15) is 5.11 Å². The lowest BCUT2D eigenvalue weighted by Gasteiger charge is -2.11. The minimum atomic E-state index is -1.47. The zero-order valence-corrected chi connectivity index (χ0v) is 7.68. The van der Waals surface area contributed by atoms with Gasteiger partial charge >= 0.3 is 0 Å². The first-order chi connectivity index (χ1) is 6.56. The molecule has 0 fully saturated rings. The number of anilines is 1. The van der Waals surface area contributed by atoms with E-state index in [0.29, 0.717) is 11.4 Å². The molecule has 0 aromatic carbocycles. The van der Waals surface area contributed by atoms with Gasteiger partial charge in [0.25, 0.3) is 0 Å². The Labute approximate surface area is 81.4 Å². The predicted molar refractivity (Wildman–Crippen MR) is 50.0 cm³/mol. The van der Waals surface area contributed by atoms with Crippen LogP contribution in [0.1, 0.15) is 17.5 Å². The number of aliphatic hydroxyl groups excluding tert-OH is 2. The molecule has 0 radical (unpaired) electrons. The summed E-state index contributed by atoms with van der Waals surface area (Å²) in [5.41, 5.74) is 6.84. The monoisotopic (exact) mass is 193 g/mol. The van der Waals surface area contributed by atoms with Crippen LogP contribution < -0.4 is 5.73 Å². The van der Waals surface area contributed by atoms with Crippen LogP contribution in [0.3, 0.4) is 0 Å². The molecular formula is C9H11N3O2. The lowest BCUT2D eigenvalue weighted by Crippen LogP contribution is -2.17. The molecule has 5 heteroatoms. The third kappa shape index (κ3) is 1.99. The van der Waals surface area contributed by atoms with Gasteiger partial charge in [0.15, 0.2) is 6.10 Å². The summed E-state index contributed by atoms with van der Waals surface area (Å²) in [6.07, 6.45) is -2.76. The highest BCUT2D eigenvalue weighted by Gasteiger charge is 2.19. The van der Waals surface area contributed by atoms with E-state index >= 15 is 0 Å². The third-order valence-electron chi connectivity index (χ3n) is 1.88. The Morgan fingerprint density at radius 1 is 1.50 bits per heavy atom. The van der Waals surface area contributed by atoms with E-state index in [0.717, 1.165) is 0 Å². The molecule has 1 heterocycles. The van der Waals surface area contributed by atoms with Crippen LogP contribution in [0, 0.1) is 18.3 Å². The molecule has 5 nitrogen and oxygen atoms in total.